The number of rotatable bonds is 4. The van der Waals surface area contributed by atoms with Crippen LogP contribution in [0.1, 0.15) is 31.9 Å². The first-order chi connectivity index (χ1) is 8.43. The van der Waals surface area contributed by atoms with Crippen molar-refractivity contribution in [2.45, 2.75) is 39.8 Å². The summed E-state index contributed by atoms with van der Waals surface area (Å²) in [5, 5.41) is 14.8. The third-order valence-electron chi connectivity index (χ3n) is 2.56. The van der Waals surface area contributed by atoms with Gasteiger partial charge in [0.1, 0.15) is 6.04 Å². The van der Waals surface area contributed by atoms with Crippen LogP contribution in [0.2, 0.25) is 0 Å². The number of benzene rings is 1. The number of anilines is 1. The van der Waals surface area contributed by atoms with Crippen LogP contribution in [0.5, 0.6) is 0 Å². The molecule has 1 unspecified atom stereocenters. The van der Waals surface area contributed by atoms with Gasteiger partial charge in [-0.3, -0.25) is 4.79 Å². The van der Waals surface area contributed by atoms with Gasteiger partial charge in [0.2, 0.25) is 5.91 Å². The number of carbonyl (C=O) groups is 1. The monoisotopic (exact) mass is 245 g/mol. The second-order valence-corrected chi connectivity index (χ2v) is 4.67. The molecule has 18 heavy (non-hydrogen) atoms. The summed E-state index contributed by atoms with van der Waals surface area (Å²) in [5.74, 6) is -0.0493. The van der Waals surface area contributed by atoms with E-state index >= 15 is 0 Å². The van der Waals surface area contributed by atoms with Crippen LogP contribution in [0.4, 0.5) is 5.69 Å². The van der Waals surface area contributed by atoms with Gasteiger partial charge < -0.3 is 10.6 Å². The summed E-state index contributed by atoms with van der Waals surface area (Å²) in [7, 11) is 0. The Morgan fingerprint density at radius 3 is 2.56 bits per heavy atom. The molecular weight excluding hydrogens is 226 g/mol. The minimum atomic E-state index is -0.333. The first-order valence-electron chi connectivity index (χ1n) is 6.01. The van der Waals surface area contributed by atoms with E-state index in [-0.39, 0.29) is 18.0 Å². The lowest BCUT2D eigenvalue weighted by Gasteiger charge is -2.18. The summed E-state index contributed by atoms with van der Waals surface area (Å²) in [6.45, 7) is 7.59. The Balaban J connectivity index is 2.78. The first-order valence-corrected chi connectivity index (χ1v) is 6.01. The maximum absolute atomic E-state index is 11.8. The third kappa shape index (κ3) is 3.77. The van der Waals surface area contributed by atoms with Crippen molar-refractivity contribution in [3.05, 3.63) is 29.3 Å². The molecule has 0 saturated heterocycles. The van der Waals surface area contributed by atoms with Crippen LogP contribution in [0.3, 0.4) is 0 Å². The van der Waals surface area contributed by atoms with Gasteiger partial charge in [-0.25, -0.2) is 0 Å². The van der Waals surface area contributed by atoms with E-state index < -0.39 is 0 Å². The normalized spacial score (nSPS) is 11.8. The summed E-state index contributed by atoms with van der Waals surface area (Å²) in [4.78, 5) is 11.8. The SMILES string of the molecule is Cc1ccc(C#N)cc1NC(C)C(=O)NC(C)C. The molecule has 0 heterocycles. The van der Waals surface area contributed by atoms with Gasteiger partial charge in [-0.2, -0.15) is 5.26 Å². The van der Waals surface area contributed by atoms with Gasteiger partial charge in [-0.15, -0.1) is 0 Å². The molecule has 1 aromatic carbocycles. The molecule has 0 aliphatic carbocycles. The highest BCUT2D eigenvalue weighted by Crippen LogP contribution is 2.17. The van der Waals surface area contributed by atoms with E-state index in [1.54, 1.807) is 19.1 Å². The molecule has 0 spiro atoms. The molecule has 4 heteroatoms. The van der Waals surface area contributed by atoms with Gasteiger partial charge in [0, 0.05) is 11.7 Å². The van der Waals surface area contributed by atoms with Crippen LogP contribution in [0.15, 0.2) is 18.2 Å². The summed E-state index contributed by atoms with van der Waals surface area (Å²) < 4.78 is 0. The van der Waals surface area contributed by atoms with Crippen molar-refractivity contribution >= 4 is 11.6 Å². The van der Waals surface area contributed by atoms with Crippen LogP contribution >= 0.6 is 0 Å². The van der Waals surface area contributed by atoms with Crippen molar-refractivity contribution in [1.29, 1.82) is 5.26 Å². The molecule has 0 fully saturated rings. The van der Waals surface area contributed by atoms with Gasteiger partial charge in [0.25, 0.3) is 0 Å². The highest BCUT2D eigenvalue weighted by molar-refractivity contribution is 5.84. The fraction of sp³-hybridized carbons (Fsp3) is 0.429. The smallest absolute Gasteiger partial charge is 0.242 e. The lowest BCUT2D eigenvalue weighted by atomic mass is 10.1. The molecule has 1 aromatic rings. The van der Waals surface area contributed by atoms with Crippen LogP contribution in [0, 0.1) is 18.3 Å². The third-order valence-corrected chi connectivity index (χ3v) is 2.56. The molecule has 2 N–H and O–H groups in total. The number of nitrogens with zero attached hydrogens (tertiary/aromatic N) is 1. The molecule has 1 amide bonds. The number of aryl methyl sites for hydroxylation is 1. The van der Waals surface area contributed by atoms with Gasteiger partial charge in [0.05, 0.1) is 11.6 Å². The topological polar surface area (TPSA) is 64.9 Å². The molecule has 0 aromatic heterocycles. The Bertz CT molecular complexity index is 474. The number of hydrogen-bond donors (Lipinski definition) is 2. The standard InChI is InChI=1S/C14H19N3O/c1-9(2)16-14(18)11(4)17-13-7-12(8-15)6-5-10(13)3/h5-7,9,11,17H,1-4H3,(H,16,18). The molecule has 4 nitrogen and oxygen atoms in total. The second-order valence-electron chi connectivity index (χ2n) is 4.67. The lowest BCUT2D eigenvalue weighted by molar-refractivity contribution is -0.122. The average molecular weight is 245 g/mol. The minimum absolute atomic E-state index is 0.0493. The van der Waals surface area contributed by atoms with Crippen LogP contribution in [-0.2, 0) is 4.79 Å². The van der Waals surface area contributed by atoms with Gasteiger partial charge in [-0.05, 0) is 45.4 Å². The summed E-state index contributed by atoms with van der Waals surface area (Å²) in [6, 6.07) is 7.26. The predicted octanol–water partition coefficient (Wildman–Crippen LogP) is 2.19. The van der Waals surface area contributed by atoms with E-state index in [1.807, 2.05) is 26.8 Å². The van der Waals surface area contributed by atoms with Gasteiger partial charge in [-0.1, -0.05) is 6.07 Å². The lowest BCUT2D eigenvalue weighted by Crippen LogP contribution is -2.41. The molecule has 0 aliphatic heterocycles. The Morgan fingerprint density at radius 2 is 2.00 bits per heavy atom. The van der Waals surface area contributed by atoms with E-state index in [9.17, 15) is 4.79 Å². The summed E-state index contributed by atoms with van der Waals surface area (Å²) >= 11 is 0. The first kappa shape index (κ1) is 14.0. The number of carbonyl (C=O) groups excluding carboxylic acids is 1. The molecule has 0 aliphatic rings. The molecule has 1 rings (SSSR count). The van der Waals surface area contributed by atoms with Crippen LogP contribution in [-0.4, -0.2) is 18.0 Å². The van der Waals surface area contributed by atoms with Gasteiger partial charge >= 0.3 is 0 Å². The molecule has 0 saturated carbocycles. The molecule has 0 radical (unpaired) electrons. The fourth-order valence-electron chi connectivity index (χ4n) is 1.56. The van der Waals surface area contributed by atoms with Crippen molar-refractivity contribution < 1.29 is 4.79 Å². The van der Waals surface area contributed by atoms with E-state index in [0.717, 1.165) is 11.3 Å². The average Bonchev–Trinajstić information content (AvgIpc) is 2.31. The zero-order chi connectivity index (χ0) is 13.7. The Kier molecular flexibility index (Phi) is 4.73. The number of nitrogens with one attached hydrogen (secondary N) is 2. The largest absolute Gasteiger partial charge is 0.374 e. The number of amides is 1. The van der Waals surface area contributed by atoms with Crippen LogP contribution < -0.4 is 10.6 Å². The summed E-state index contributed by atoms with van der Waals surface area (Å²) in [6.07, 6.45) is 0. The van der Waals surface area contributed by atoms with Crippen molar-refractivity contribution in [1.82, 2.24) is 5.32 Å². The van der Waals surface area contributed by atoms with Crippen molar-refractivity contribution in [3.63, 3.8) is 0 Å². The second kappa shape index (κ2) is 6.06. The Hall–Kier alpha value is -2.02. The Labute approximate surface area is 108 Å². The zero-order valence-corrected chi connectivity index (χ0v) is 11.2. The van der Waals surface area contributed by atoms with Crippen molar-refractivity contribution in [2.24, 2.45) is 0 Å². The molecule has 0 bridgehead atoms. The Morgan fingerprint density at radius 1 is 1.33 bits per heavy atom. The van der Waals surface area contributed by atoms with E-state index in [4.69, 9.17) is 5.26 Å². The van der Waals surface area contributed by atoms with Crippen molar-refractivity contribution in [2.75, 3.05) is 5.32 Å². The highest BCUT2D eigenvalue weighted by Gasteiger charge is 2.14. The highest BCUT2D eigenvalue weighted by atomic mass is 16.2. The number of hydrogen-bond acceptors (Lipinski definition) is 3. The molecule has 1 atom stereocenters. The predicted molar refractivity (Wildman–Crippen MR) is 72.3 cm³/mol. The fourth-order valence-corrected chi connectivity index (χ4v) is 1.56. The van der Waals surface area contributed by atoms with E-state index in [1.165, 1.54) is 0 Å². The number of nitriles is 1. The van der Waals surface area contributed by atoms with E-state index in [2.05, 4.69) is 16.7 Å². The molecule has 96 valence electrons. The minimum Gasteiger partial charge on any atom is -0.374 e. The summed E-state index contributed by atoms with van der Waals surface area (Å²) in [5.41, 5.74) is 2.42. The van der Waals surface area contributed by atoms with Crippen molar-refractivity contribution in [3.8, 4) is 6.07 Å². The quantitative estimate of drug-likeness (QED) is 0.854. The maximum atomic E-state index is 11.8. The van der Waals surface area contributed by atoms with Crippen LogP contribution in [0.25, 0.3) is 0 Å². The van der Waals surface area contributed by atoms with Gasteiger partial charge in [0.15, 0.2) is 0 Å². The van der Waals surface area contributed by atoms with E-state index in [0.29, 0.717) is 5.56 Å². The zero-order valence-electron chi connectivity index (χ0n) is 11.2. The molecular formula is C14H19N3O. The maximum Gasteiger partial charge on any atom is 0.242 e.